The lowest BCUT2D eigenvalue weighted by atomic mass is 9.72. The van der Waals surface area contributed by atoms with Crippen LogP contribution in [0.1, 0.15) is 49.9 Å². The van der Waals surface area contributed by atoms with Crippen LogP contribution in [0.2, 0.25) is 0 Å². The number of benzene rings is 1. The predicted octanol–water partition coefficient (Wildman–Crippen LogP) is 3.80. The number of carbonyl (C=O) groups is 1. The standard InChI is InChI=1S/C30H36N6O3/c1-4-34-23(11-18-6-5-9-32-27(18)34)28-33-21-10-20(29(37)35-16-19-7-8-22(35)25(19)31)12-24(39-3)26(21)36(28)15-17-13-30(2,38)14-17/h5-6,9-12,17,19,22,25,38H,4,7-8,13-16,31H2,1-3H3/t17?,19-,22-,25-,30?/m1/s1. The van der Waals surface area contributed by atoms with Gasteiger partial charge in [0, 0.05) is 48.9 Å². The van der Waals surface area contributed by atoms with E-state index in [-0.39, 0.29) is 18.0 Å². The topological polar surface area (TPSA) is 111 Å². The molecule has 1 aliphatic heterocycles. The number of methoxy groups -OCH3 is 1. The molecule has 0 unspecified atom stereocenters. The Balaban J connectivity index is 1.38. The summed E-state index contributed by atoms with van der Waals surface area (Å²) in [6.45, 7) is 6.17. The molecule has 1 amide bonds. The third kappa shape index (κ3) is 3.77. The first kappa shape index (κ1) is 24.6. The number of aromatic nitrogens is 4. The van der Waals surface area contributed by atoms with Crippen LogP contribution in [0.4, 0.5) is 0 Å². The van der Waals surface area contributed by atoms with Crippen molar-refractivity contribution in [2.75, 3.05) is 13.7 Å². The van der Waals surface area contributed by atoms with Crippen molar-refractivity contribution in [3.05, 3.63) is 42.1 Å². The van der Waals surface area contributed by atoms with Gasteiger partial charge in [-0.2, -0.15) is 0 Å². The van der Waals surface area contributed by atoms with Gasteiger partial charge in [-0.15, -0.1) is 0 Å². The summed E-state index contributed by atoms with van der Waals surface area (Å²) >= 11 is 0. The maximum atomic E-state index is 13.7. The Morgan fingerprint density at radius 3 is 2.72 bits per heavy atom. The molecule has 1 saturated heterocycles. The van der Waals surface area contributed by atoms with Crippen LogP contribution in [-0.4, -0.2) is 66.4 Å². The number of amides is 1. The minimum absolute atomic E-state index is 0.00383. The van der Waals surface area contributed by atoms with Crippen LogP contribution in [-0.2, 0) is 13.1 Å². The van der Waals surface area contributed by atoms with Crippen LogP contribution in [0, 0.1) is 11.8 Å². The van der Waals surface area contributed by atoms with E-state index >= 15 is 0 Å². The van der Waals surface area contributed by atoms with Crippen molar-refractivity contribution >= 4 is 28.0 Å². The predicted molar refractivity (Wildman–Crippen MR) is 150 cm³/mol. The van der Waals surface area contributed by atoms with E-state index in [2.05, 4.69) is 33.2 Å². The number of rotatable bonds is 6. The number of likely N-dealkylation sites (tertiary alicyclic amines) is 1. The molecule has 2 bridgehead atoms. The molecule has 1 aromatic carbocycles. The van der Waals surface area contributed by atoms with Gasteiger partial charge in [0.2, 0.25) is 0 Å². The first-order chi connectivity index (χ1) is 18.8. The fraction of sp³-hybridized carbons (Fsp3) is 0.500. The summed E-state index contributed by atoms with van der Waals surface area (Å²) in [5.74, 6) is 2.16. The highest BCUT2D eigenvalue weighted by Gasteiger charge is 2.47. The van der Waals surface area contributed by atoms with Crippen LogP contribution in [0.15, 0.2) is 36.5 Å². The zero-order valence-corrected chi connectivity index (χ0v) is 22.8. The maximum absolute atomic E-state index is 13.7. The lowest BCUT2D eigenvalue weighted by molar-refractivity contribution is -0.0613. The zero-order chi connectivity index (χ0) is 27.1. The minimum atomic E-state index is -0.622. The second-order valence-electron chi connectivity index (χ2n) is 12.0. The molecule has 0 spiro atoms. The summed E-state index contributed by atoms with van der Waals surface area (Å²) in [5.41, 5.74) is 9.87. The van der Waals surface area contributed by atoms with Crippen molar-refractivity contribution < 1.29 is 14.6 Å². The van der Waals surface area contributed by atoms with Gasteiger partial charge < -0.3 is 29.6 Å². The number of fused-ring (bicyclic) bond motifs is 4. The van der Waals surface area contributed by atoms with Gasteiger partial charge in [0.05, 0.1) is 23.9 Å². The zero-order valence-electron chi connectivity index (χ0n) is 22.8. The van der Waals surface area contributed by atoms with E-state index in [0.29, 0.717) is 29.7 Å². The molecule has 7 rings (SSSR count). The molecule has 3 atom stereocenters. The van der Waals surface area contributed by atoms with Gasteiger partial charge in [-0.25, -0.2) is 9.97 Å². The summed E-state index contributed by atoms with van der Waals surface area (Å²) < 4.78 is 10.3. The second kappa shape index (κ2) is 8.79. The Bertz CT molecular complexity index is 1600. The molecule has 204 valence electrons. The first-order valence-electron chi connectivity index (χ1n) is 14.1. The molecule has 3 N–H and O–H groups in total. The smallest absolute Gasteiger partial charge is 0.254 e. The van der Waals surface area contributed by atoms with Gasteiger partial charge >= 0.3 is 0 Å². The van der Waals surface area contributed by atoms with E-state index in [1.807, 2.05) is 36.2 Å². The number of nitrogens with zero attached hydrogens (tertiary/aromatic N) is 5. The number of hydrogen-bond acceptors (Lipinski definition) is 6. The van der Waals surface area contributed by atoms with E-state index in [4.69, 9.17) is 15.5 Å². The SMILES string of the molecule is CCn1c(-c2nc3cc(C(=O)N4C[C@H]5CC[C@@H]4[C@@H]5N)cc(OC)c3n2CC2CC(C)(O)C2)cc2cccnc21. The molecular weight excluding hydrogens is 492 g/mol. The normalized spacial score (nSPS) is 28.0. The molecule has 9 nitrogen and oxygen atoms in total. The van der Waals surface area contributed by atoms with Gasteiger partial charge in [-0.3, -0.25) is 4.79 Å². The molecular formula is C30H36N6O3. The van der Waals surface area contributed by atoms with Crippen LogP contribution >= 0.6 is 0 Å². The number of aliphatic hydroxyl groups is 1. The van der Waals surface area contributed by atoms with Crippen molar-refractivity contribution in [1.82, 2.24) is 24.0 Å². The van der Waals surface area contributed by atoms with Crippen molar-refractivity contribution in [2.45, 2.75) is 70.3 Å². The van der Waals surface area contributed by atoms with Crippen LogP contribution in [0.5, 0.6) is 5.75 Å². The molecule has 39 heavy (non-hydrogen) atoms. The van der Waals surface area contributed by atoms with E-state index in [9.17, 15) is 9.90 Å². The van der Waals surface area contributed by atoms with Crippen LogP contribution in [0.3, 0.4) is 0 Å². The number of imidazole rings is 1. The largest absolute Gasteiger partial charge is 0.494 e. The Hall–Kier alpha value is -3.43. The fourth-order valence-electron chi connectivity index (χ4n) is 7.49. The molecule has 4 heterocycles. The minimum Gasteiger partial charge on any atom is -0.494 e. The van der Waals surface area contributed by atoms with Crippen molar-refractivity contribution in [3.8, 4) is 17.3 Å². The van der Waals surface area contributed by atoms with Gasteiger partial charge in [-0.05, 0) is 81.7 Å². The summed E-state index contributed by atoms with van der Waals surface area (Å²) in [5, 5.41) is 11.5. The highest BCUT2D eigenvalue weighted by Crippen LogP contribution is 2.42. The summed E-state index contributed by atoms with van der Waals surface area (Å²) in [7, 11) is 1.65. The third-order valence-corrected chi connectivity index (χ3v) is 9.29. The molecule has 0 radical (unpaired) electrons. The number of piperidine rings is 1. The van der Waals surface area contributed by atoms with E-state index in [1.54, 1.807) is 7.11 Å². The van der Waals surface area contributed by atoms with Gasteiger partial charge in [0.1, 0.15) is 16.9 Å². The van der Waals surface area contributed by atoms with Crippen LogP contribution < -0.4 is 10.5 Å². The molecule has 3 fully saturated rings. The molecule has 3 aliphatic rings. The number of nitrogens with two attached hydrogens (primary N) is 1. The van der Waals surface area contributed by atoms with Gasteiger partial charge in [-0.1, -0.05) is 0 Å². The lowest BCUT2D eigenvalue weighted by Crippen LogP contribution is -2.42. The van der Waals surface area contributed by atoms with E-state index < -0.39 is 5.60 Å². The number of carbonyl (C=O) groups excluding carboxylic acids is 1. The van der Waals surface area contributed by atoms with Crippen molar-refractivity contribution in [2.24, 2.45) is 17.6 Å². The average molecular weight is 529 g/mol. The number of ether oxygens (including phenoxy) is 1. The van der Waals surface area contributed by atoms with Gasteiger partial charge in [0.25, 0.3) is 5.91 Å². The Morgan fingerprint density at radius 2 is 2.05 bits per heavy atom. The number of hydrogen-bond donors (Lipinski definition) is 2. The van der Waals surface area contributed by atoms with Crippen molar-refractivity contribution in [1.29, 1.82) is 0 Å². The van der Waals surface area contributed by atoms with Crippen LogP contribution in [0.25, 0.3) is 33.6 Å². The van der Waals surface area contributed by atoms with Crippen molar-refractivity contribution in [3.63, 3.8) is 0 Å². The van der Waals surface area contributed by atoms with E-state index in [0.717, 1.165) is 72.4 Å². The second-order valence-corrected chi connectivity index (χ2v) is 12.0. The third-order valence-electron chi connectivity index (χ3n) is 9.29. The monoisotopic (exact) mass is 528 g/mol. The van der Waals surface area contributed by atoms with Gasteiger partial charge in [0.15, 0.2) is 5.82 Å². The Kier molecular flexibility index (Phi) is 5.55. The summed E-state index contributed by atoms with van der Waals surface area (Å²) in [6, 6.07) is 10.1. The van der Waals surface area contributed by atoms with E-state index in [1.165, 1.54) is 0 Å². The molecule has 9 heteroatoms. The number of aryl methyl sites for hydroxylation is 1. The molecule has 4 aromatic rings. The Morgan fingerprint density at radius 1 is 1.23 bits per heavy atom. The first-order valence-corrected chi connectivity index (χ1v) is 14.1. The quantitative estimate of drug-likeness (QED) is 0.394. The lowest BCUT2D eigenvalue weighted by Gasteiger charge is -2.41. The highest BCUT2D eigenvalue weighted by atomic mass is 16.5. The maximum Gasteiger partial charge on any atom is 0.254 e. The molecule has 3 aromatic heterocycles. The number of pyridine rings is 1. The Labute approximate surface area is 227 Å². The fourth-order valence-corrected chi connectivity index (χ4v) is 7.49. The molecule has 2 aliphatic carbocycles. The summed E-state index contributed by atoms with van der Waals surface area (Å²) in [4.78, 5) is 25.5. The highest BCUT2D eigenvalue weighted by molar-refractivity contribution is 6.00. The molecule has 2 saturated carbocycles. The average Bonchev–Trinajstić information content (AvgIpc) is 3.66. The summed E-state index contributed by atoms with van der Waals surface area (Å²) in [6.07, 6.45) is 5.36.